The van der Waals surface area contributed by atoms with Crippen LogP contribution in [0.5, 0.6) is 5.75 Å². The molecule has 2 aromatic heterocycles. The van der Waals surface area contributed by atoms with Crippen molar-refractivity contribution in [3.63, 3.8) is 0 Å². The number of nitrogens with zero attached hydrogens (tertiary/aromatic N) is 2. The van der Waals surface area contributed by atoms with Crippen LogP contribution in [0.1, 0.15) is 5.56 Å². The van der Waals surface area contributed by atoms with Gasteiger partial charge in [-0.25, -0.2) is 27.2 Å². The van der Waals surface area contributed by atoms with Crippen molar-refractivity contribution in [2.45, 2.75) is 16.4 Å². The minimum atomic E-state index is -3.79. The lowest BCUT2D eigenvalue weighted by atomic mass is 10.2. The third kappa shape index (κ3) is 6.64. The fourth-order valence-electron chi connectivity index (χ4n) is 4.02. The predicted molar refractivity (Wildman–Crippen MR) is 158 cm³/mol. The number of aromatic amines is 2. The molecule has 4 aromatic carbocycles. The molecule has 6 rings (SSSR count). The first-order chi connectivity index (χ1) is 20.3. The van der Waals surface area contributed by atoms with E-state index in [1.54, 1.807) is 48.9 Å². The third-order valence-corrected chi connectivity index (χ3v) is 8.60. The van der Waals surface area contributed by atoms with Crippen molar-refractivity contribution in [3.8, 4) is 28.5 Å². The van der Waals surface area contributed by atoms with Crippen LogP contribution >= 0.6 is 15.9 Å². The molecule has 0 radical (unpaired) electrons. The van der Waals surface area contributed by atoms with Gasteiger partial charge in [0.1, 0.15) is 24.1 Å². The maximum absolute atomic E-state index is 13.7. The standard InChI is InChI=1S/C22H16F2N2O3S.C9H7BrN2/c23-16-7-10-20(19(24)13-16)29-14-15-5-8-17(9-6-15)30(27,28)21-4-2-1-3-18(21)22-25-11-12-26-22;10-8-4-2-1-3-7(8)9-11-5-6-12-9/h1-13H,14H2,(H,25,26);1-6H,(H,11,12). The Bertz CT molecular complexity index is 1880. The Labute approximate surface area is 249 Å². The highest BCUT2D eigenvalue weighted by atomic mass is 79.9. The molecule has 2 heterocycles. The summed E-state index contributed by atoms with van der Waals surface area (Å²) >= 11 is 3.46. The van der Waals surface area contributed by atoms with Crippen LogP contribution in [0.2, 0.25) is 0 Å². The van der Waals surface area contributed by atoms with Gasteiger partial charge in [0.15, 0.2) is 11.6 Å². The molecule has 0 fully saturated rings. The highest BCUT2D eigenvalue weighted by Gasteiger charge is 2.22. The maximum Gasteiger partial charge on any atom is 0.207 e. The Kier molecular flexibility index (Phi) is 8.89. The molecule has 11 heteroatoms. The first-order valence-corrected chi connectivity index (χ1v) is 14.9. The number of H-pyrrole nitrogens is 2. The smallest absolute Gasteiger partial charge is 0.207 e. The minimum Gasteiger partial charge on any atom is -0.486 e. The van der Waals surface area contributed by atoms with Crippen molar-refractivity contribution in [2.75, 3.05) is 0 Å². The number of aromatic nitrogens is 4. The zero-order chi connectivity index (χ0) is 29.5. The fourth-order valence-corrected chi connectivity index (χ4v) is 5.95. The molecule has 0 aliphatic carbocycles. The summed E-state index contributed by atoms with van der Waals surface area (Å²) in [6.45, 7) is 0.00582. The normalized spacial score (nSPS) is 11.0. The highest BCUT2D eigenvalue weighted by molar-refractivity contribution is 9.10. The van der Waals surface area contributed by atoms with Gasteiger partial charge in [-0.15, -0.1) is 0 Å². The summed E-state index contributed by atoms with van der Waals surface area (Å²) in [7, 11) is -3.79. The molecule has 212 valence electrons. The van der Waals surface area contributed by atoms with E-state index in [0.717, 1.165) is 28.0 Å². The van der Waals surface area contributed by atoms with E-state index < -0.39 is 21.5 Å². The molecule has 0 bridgehead atoms. The van der Waals surface area contributed by atoms with Crippen LogP contribution in [0.3, 0.4) is 0 Å². The van der Waals surface area contributed by atoms with E-state index in [9.17, 15) is 17.2 Å². The van der Waals surface area contributed by atoms with Crippen LogP contribution in [0, 0.1) is 11.6 Å². The molecule has 0 atom stereocenters. The third-order valence-electron chi connectivity index (χ3n) is 6.08. The summed E-state index contributed by atoms with van der Waals surface area (Å²) in [6.07, 6.45) is 6.73. The van der Waals surface area contributed by atoms with E-state index in [4.69, 9.17) is 4.74 Å². The van der Waals surface area contributed by atoms with Crippen LogP contribution in [0.4, 0.5) is 8.78 Å². The van der Waals surface area contributed by atoms with Gasteiger partial charge < -0.3 is 14.7 Å². The Morgan fingerprint density at radius 1 is 0.762 bits per heavy atom. The maximum atomic E-state index is 13.7. The van der Waals surface area contributed by atoms with Gasteiger partial charge >= 0.3 is 0 Å². The Morgan fingerprint density at radius 3 is 2.00 bits per heavy atom. The molecular weight excluding hydrogens is 626 g/mol. The van der Waals surface area contributed by atoms with Crippen molar-refractivity contribution < 1.29 is 21.9 Å². The molecule has 0 saturated carbocycles. The minimum absolute atomic E-state index is 0.00582. The lowest BCUT2D eigenvalue weighted by Gasteiger charge is -2.11. The quantitative estimate of drug-likeness (QED) is 0.186. The van der Waals surface area contributed by atoms with Crippen molar-refractivity contribution in [3.05, 3.63) is 137 Å². The summed E-state index contributed by atoms with van der Waals surface area (Å²) in [5.74, 6) is -0.226. The number of rotatable bonds is 7. The number of benzene rings is 4. The largest absolute Gasteiger partial charge is 0.486 e. The second kappa shape index (κ2) is 12.9. The van der Waals surface area contributed by atoms with Crippen LogP contribution in [0.15, 0.2) is 130 Å². The number of hydrogen-bond donors (Lipinski definition) is 2. The summed E-state index contributed by atoms with van der Waals surface area (Å²) in [6, 6.07) is 23.7. The molecule has 0 amide bonds. The SMILES string of the molecule is Brc1ccccc1-c1ncc[nH]1.O=S(=O)(c1ccc(COc2ccc(F)cc2F)cc1)c1ccccc1-c1ncc[nH]1. The fraction of sp³-hybridized carbons (Fsp3) is 0.0323. The summed E-state index contributed by atoms with van der Waals surface area (Å²) in [5, 5.41) is 0. The predicted octanol–water partition coefficient (Wildman–Crippen LogP) is 7.61. The van der Waals surface area contributed by atoms with E-state index in [2.05, 4.69) is 35.9 Å². The van der Waals surface area contributed by atoms with Gasteiger partial charge in [0.2, 0.25) is 9.84 Å². The average Bonchev–Trinajstić information content (AvgIpc) is 3.73. The van der Waals surface area contributed by atoms with Crippen molar-refractivity contribution in [1.82, 2.24) is 19.9 Å². The van der Waals surface area contributed by atoms with Crippen molar-refractivity contribution in [2.24, 2.45) is 0 Å². The second-order valence-corrected chi connectivity index (χ2v) is 11.6. The molecule has 7 nitrogen and oxygen atoms in total. The summed E-state index contributed by atoms with van der Waals surface area (Å²) < 4.78 is 59.4. The molecule has 42 heavy (non-hydrogen) atoms. The number of nitrogens with one attached hydrogen (secondary N) is 2. The summed E-state index contributed by atoms with van der Waals surface area (Å²) in [5.41, 5.74) is 2.20. The number of hydrogen-bond acceptors (Lipinski definition) is 5. The van der Waals surface area contributed by atoms with Gasteiger partial charge in [-0.1, -0.05) is 58.4 Å². The number of ether oxygens (including phenoxy) is 1. The first kappa shape index (κ1) is 28.9. The summed E-state index contributed by atoms with van der Waals surface area (Å²) in [4.78, 5) is 14.5. The number of halogens is 3. The monoisotopic (exact) mass is 648 g/mol. The lowest BCUT2D eigenvalue weighted by molar-refractivity contribution is 0.289. The van der Waals surface area contributed by atoms with Gasteiger partial charge in [0.25, 0.3) is 0 Å². The first-order valence-electron chi connectivity index (χ1n) is 12.6. The molecule has 0 aliphatic heterocycles. The zero-order valence-electron chi connectivity index (χ0n) is 21.8. The van der Waals surface area contributed by atoms with Crippen LogP contribution in [0.25, 0.3) is 22.8 Å². The molecule has 0 spiro atoms. The van der Waals surface area contributed by atoms with E-state index in [1.165, 1.54) is 24.3 Å². The lowest BCUT2D eigenvalue weighted by Crippen LogP contribution is -2.05. The van der Waals surface area contributed by atoms with Gasteiger partial charge in [0, 0.05) is 46.5 Å². The molecular formula is C31H23BrF2N4O3S. The van der Waals surface area contributed by atoms with Crippen molar-refractivity contribution >= 4 is 25.8 Å². The molecule has 0 saturated heterocycles. The Morgan fingerprint density at radius 2 is 1.38 bits per heavy atom. The average molecular weight is 650 g/mol. The molecule has 0 unspecified atom stereocenters. The van der Waals surface area contributed by atoms with Gasteiger partial charge in [0.05, 0.1) is 9.79 Å². The zero-order valence-corrected chi connectivity index (χ0v) is 24.2. The second-order valence-electron chi connectivity index (χ2n) is 8.86. The number of imidazole rings is 2. The Hall–Kier alpha value is -4.61. The van der Waals surface area contributed by atoms with Crippen molar-refractivity contribution in [1.29, 1.82) is 0 Å². The molecule has 6 aromatic rings. The van der Waals surface area contributed by atoms with E-state index in [1.807, 2.05) is 30.5 Å². The topological polar surface area (TPSA) is 101 Å². The van der Waals surface area contributed by atoms with Crippen LogP contribution < -0.4 is 4.74 Å². The van der Waals surface area contributed by atoms with Crippen LogP contribution in [-0.4, -0.2) is 28.4 Å². The van der Waals surface area contributed by atoms with Gasteiger partial charge in [-0.2, -0.15) is 0 Å². The number of sulfone groups is 1. The van der Waals surface area contributed by atoms with Crippen LogP contribution in [-0.2, 0) is 16.4 Å². The molecule has 0 aliphatic rings. The highest BCUT2D eigenvalue weighted by Crippen LogP contribution is 2.30. The molecule has 2 N–H and O–H groups in total. The van der Waals surface area contributed by atoms with E-state index >= 15 is 0 Å². The van der Waals surface area contributed by atoms with E-state index in [0.29, 0.717) is 17.0 Å². The van der Waals surface area contributed by atoms with E-state index in [-0.39, 0.29) is 22.1 Å². The Balaban J connectivity index is 0.000000244. The van der Waals surface area contributed by atoms with Gasteiger partial charge in [-0.3, -0.25) is 0 Å². The van der Waals surface area contributed by atoms with Gasteiger partial charge in [-0.05, 0) is 48.0 Å².